The van der Waals surface area contributed by atoms with Crippen LogP contribution in [0.5, 0.6) is 0 Å². The van der Waals surface area contributed by atoms with Gasteiger partial charge in [-0.1, -0.05) is 24.9 Å². The molecule has 3 rings (SSSR count). The highest BCUT2D eigenvalue weighted by atomic mass is 35.5. The molecule has 0 bridgehead atoms. The van der Waals surface area contributed by atoms with E-state index >= 15 is 0 Å². The SMILES string of the molecule is CCCc1cc[n+](CC(=O)Nc2cc(S(=O)(=O)N3CCCC3)ccc2Cl)cc1. The first-order valence-electron chi connectivity index (χ1n) is 9.47. The molecule has 28 heavy (non-hydrogen) atoms. The van der Waals surface area contributed by atoms with Crippen molar-refractivity contribution in [3.8, 4) is 0 Å². The number of rotatable bonds is 7. The van der Waals surface area contributed by atoms with Crippen LogP contribution in [0.1, 0.15) is 31.7 Å². The van der Waals surface area contributed by atoms with Gasteiger partial charge in [0.2, 0.25) is 16.6 Å². The van der Waals surface area contributed by atoms with Crippen LogP contribution in [-0.4, -0.2) is 31.7 Å². The Morgan fingerprint density at radius 2 is 1.86 bits per heavy atom. The van der Waals surface area contributed by atoms with Crippen LogP contribution in [0, 0.1) is 0 Å². The van der Waals surface area contributed by atoms with Crippen LogP contribution in [0.2, 0.25) is 5.02 Å². The topological polar surface area (TPSA) is 70.4 Å². The standard InChI is InChI=1S/C20H24ClN3O3S/c1-2-5-16-8-12-23(13-9-16)15-20(25)22-19-14-17(6-7-18(19)21)28(26,27)24-10-3-4-11-24/h6-9,12-14H,2-5,10-11,15H2,1H3/p+1. The Morgan fingerprint density at radius 3 is 2.50 bits per heavy atom. The van der Waals surface area contributed by atoms with Crippen LogP contribution >= 0.6 is 11.6 Å². The molecule has 1 aromatic heterocycles. The molecule has 1 aliphatic heterocycles. The lowest BCUT2D eigenvalue weighted by atomic mass is 10.2. The van der Waals surface area contributed by atoms with E-state index in [0.717, 1.165) is 25.7 Å². The number of sulfonamides is 1. The molecule has 1 aliphatic rings. The van der Waals surface area contributed by atoms with Gasteiger partial charge >= 0.3 is 0 Å². The molecule has 0 atom stereocenters. The summed E-state index contributed by atoms with van der Waals surface area (Å²) in [5.74, 6) is -0.272. The fourth-order valence-electron chi connectivity index (χ4n) is 3.24. The van der Waals surface area contributed by atoms with Crippen molar-refractivity contribution in [2.75, 3.05) is 18.4 Å². The van der Waals surface area contributed by atoms with Crippen LogP contribution in [0.25, 0.3) is 0 Å². The molecule has 6 nitrogen and oxygen atoms in total. The number of nitrogens with one attached hydrogen (secondary N) is 1. The van der Waals surface area contributed by atoms with Gasteiger partial charge in [0.25, 0.3) is 5.91 Å². The maximum atomic E-state index is 12.7. The first-order chi connectivity index (χ1) is 13.4. The Labute approximate surface area is 171 Å². The number of aromatic nitrogens is 1. The number of carbonyl (C=O) groups excluding carboxylic acids is 1. The van der Waals surface area contributed by atoms with Crippen LogP contribution < -0.4 is 9.88 Å². The fraction of sp³-hybridized carbons (Fsp3) is 0.400. The Morgan fingerprint density at radius 1 is 1.18 bits per heavy atom. The van der Waals surface area contributed by atoms with Gasteiger partial charge in [0.05, 0.1) is 15.6 Å². The van der Waals surface area contributed by atoms with E-state index in [1.807, 2.05) is 24.5 Å². The van der Waals surface area contributed by atoms with E-state index in [9.17, 15) is 13.2 Å². The molecule has 0 unspecified atom stereocenters. The summed E-state index contributed by atoms with van der Waals surface area (Å²) < 4.78 is 28.7. The number of carbonyl (C=O) groups is 1. The smallest absolute Gasteiger partial charge is 0.290 e. The third kappa shape index (κ3) is 4.90. The summed E-state index contributed by atoms with van der Waals surface area (Å²) in [6.07, 6.45) is 7.52. The van der Waals surface area contributed by atoms with Crippen LogP contribution in [0.15, 0.2) is 47.6 Å². The van der Waals surface area contributed by atoms with Crippen molar-refractivity contribution in [3.63, 3.8) is 0 Å². The van der Waals surface area contributed by atoms with Crippen molar-refractivity contribution in [1.29, 1.82) is 0 Å². The fourth-order valence-corrected chi connectivity index (χ4v) is 4.95. The van der Waals surface area contributed by atoms with E-state index < -0.39 is 10.0 Å². The highest BCUT2D eigenvalue weighted by molar-refractivity contribution is 7.89. The Balaban J connectivity index is 1.71. The number of halogens is 1. The van der Waals surface area contributed by atoms with Crippen molar-refractivity contribution in [2.24, 2.45) is 0 Å². The molecule has 1 amide bonds. The van der Waals surface area contributed by atoms with Gasteiger partial charge in [-0.05, 0) is 43.0 Å². The molecule has 0 saturated carbocycles. The molecule has 0 aliphatic carbocycles. The van der Waals surface area contributed by atoms with Gasteiger partial charge < -0.3 is 5.32 Å². The molecule has 1 aromatic carbocycles. The van der Waals surface area contributed by atoms with Crippen LogP contribution in [-0.2, 0) is 27.8 Å². The number of hydrogen-bond acceptors (Lipinski definition) is 3. The van der Waals surface area contributed by atoms with Gasteiger partial charge in [-0.2, -0.15) is 8.87 Å². The normalized spacial score (nSPS) is 14.9. The summed E-state index contributed by atoms with van der Waals surface area (Å²) in [5.41, 5.74) is 1.53. The van der Waals surface area contributed by atoms with Crippen molar-refractivity contribution in [1.82, 2.24) is 4.31 Å². The van der Waals surface area contributed by atoms with Crippen molar-refractivity contribution in [3.05, 3.63) is 53.3 Å². The predicted octanol–water partition coefficient (Wildman–Crippen LogP) is 3.00. The van der Waals surface area contributed by atoms with Crippen molar-refractivity contribution < 1.29 is 17.8 Å². The maximum absolute atomic E-state index is 12.7. The molecular formula is C20H25ClN3O3S+. The first-order valence-corrected chi connectivity index (χ1v) is 11.3. The summed E-state index contributed by atoms with van der Waals surface area (Å²) in [5, 5.41) is 3.03. The van der Waals surface area contributed by atoms with E-state index in [4.69, 9.17) is 11.6 Å². The zero-order valence-electron chi connectivity index (χ0n) is 15.9. The van der Waals surface area contributed by atoms with Crippen LogP contribution in [0.4, 0.5) is 5.69 Å². The lowest BCUT2D eigenvalue weighted by molar-refractivity contribution is -0.684. The highest BCUT2D eigenvalue weighted by Gasteiger charge is 2.27. The summed E-state index contributed by atoms with van der Waals surface area (Å²) in [6.45, 7) is 3.29. The minimum atomic E-state index is -3.56. The summed E-state index contributed by atoms with van der Waals surface area (Å²) in [7, 11) is -3.56. The molecule has 2 aromatic rings. The number of aryl methyl sites for hydroxylation is 1. The summed E-state index contributed by atoms with van der Waals surface area (Å²) >= 11 is 6.18. The summed E-state index contributed by atoms with van der Waals surface area (Å²) in [4.78, 5) is 12.6. The second kappa shape index (κ2) is 9.03. The Hall–Kier alpha value is -1.96. The lowest BCUT2D eigenvalue weighted by Crippen LogP contribution is -2.39. The molecular weight excluding hydrogens is 398 g/mol. The minimum absolute atomic E-state index is 0.117. The van der Waals surface area contributed by atoms with E-state index in [1.54, 1.807) is 4.57 Å². The molecule has 1 fully saturated rings. The van der Waals surface area contributed by atoms with Gasteiger partial charge in [-0.15, -0.1) is 0 Å². The molecule has 1 N–H and O–H groups in total. The van der Waals surface area contributed by atoms with Gasteiger partial charge in [0.1, 0.15) is 0 Å². The third-order valence-corrected chi connectivity index (χ3v) is 6.96. The average Bonchev–Trinajstić information content (AvgIpc) is 3.21. The van der Waals surface area contributed by atoms with E-state index in [-0.39, 0.29) is 17.3 Å². The third-order valence-electron chi connectivity index (χ3n) is 4.74. The zero-order chi connectivity index (χ0) is 20.1. The van der Waals surface area contributed by atoms with E-state index in [2.05, 4.69) is 12.2 Å². The number of pyridine rings is 1. The number of nitrogens with zero attached hydrogens (tertiary/aromatic N) is 2. The second-order valence-corrected chi connectivity index (χ2v) is 9.27. The van der Waals surface area contributed by atoms with Crippen LogP contribution in [0.3, 0.4) is 0 Å². The number of amides is 1. The van der Waals surface area contributed by atoms with Gasteiger partial charge in [0.15, 0.2) is 12.4 Å². The Kier molecular flexibility index (Phi) is 6.69. The van der Waals surface area contributed by atoms with Gasteiger partial charge in [-0.25, -0.2) is 8.42 Å². The van der Waals surface area contributed by atoms with Crippen molar-refractivity contribution in [2.45, 2.75) is 44.0 Å². The number of anilines is 1. The molecule has 0 spiro atoms. The van der Waals surface area contributed by atoms with Gasteiger partial charge in [0, 0.05) is 25.2 Å². The maximum Gasteiger partial charge on any atom is 0.290 e. The van der Waals surface area contributed by atoms with Crippen molar-refractivity contribution >= 4 is 33.2 Å². The quantitative estimate of drug-likeness (QED) is 0.697. The predicted molar refractivity (Wildman–Crippen MR) is 109 cm³/mol. The average molecular weight is 423 g/mol. The van der Waals surface area contributed by atoms with Gasteiger partial charge in [-0.3, -0.25) is 4.79 Å². The highest BCUT2D eigenvalue weighted by Crippen LogP contribution is 2.28. The Bertz CT molecular complexity index is 940. The monoisotopic (exact) mass is 422 g/mol. The summed E-state index contributed by atoms with van der Waals surface area (Å²) in [6, 6.07) is 8.41. The van der Waals surface area contributed by atoms with E-state index in [1.165, 1.54) is 28.1 Å². The zero-order valence-corrected chi connectivity index (χ0v) is 17.5. The second-order valence-electron chi connectivity index (χ2n) is 6.93. The van der Waals surface area contributed by atoms with E-state index in [0.29, 0.717) is 23.8 Å². The molecule has 0 radical (unpaired) electrons. The first kappa shape index (κ1) is 20.8. The molecule has 2 heterocycles. The number of hydrogen-bond donors (Lipinski definition) is 1. The minimum Gasteiger partial charge on any atom is -0.319 e. The number of benzene rings is 1. The molecule has 8 heteroatoms. The largest absolute Gasteiger partial charge is 0.319 e. The molecule has 1 saturated heterocycles. The molecule has 150 valence electrons. The lowest BCUT2D eigenvalue weighted by Gasteiger charge is -2.16.